The molecule has 7 heteroatoms. The molecule has 0 saturated heterocycles. The van der Waals surface area contributed by atoms with Gasteiger partial charge in [-0.2, -0.15) is 5.10 Å². The average Bonchev–Trinajstić information content (AvgIpc) is 3.24. The first-order chi connectivity index (χ1) is 11.9. The van der Waals surface area contributed by atoms with Gasteiger partial charge in [-0.1, -0.05) is 0 Å². The number of aryl methyl sites for hydroxylation is 2. The Morgan fingerprint density at radius 3 is 2.80 bits per heavy atom. The van der Waals surface area contributed by atoms with E-state index in [0.29, 0.717) is 28.3 Å². The Morgan fingerprint density at radius 2 is 2.20 bits per heavy atom. The van der Waals surface area contributed by atoms with Gasteiger partial charge in [0.05, 0.1) is 30.3 Å². The highest BCUT2D eigenvalue weighted by Crippen LogP contribution is 2.21. The van der Waals surface area contributed by atoms with Crippen molar-refractivity contribution in [1.82, 2.24) is 20.1 Å². The van der Waals surface area contributed by atoms with E-state index in [-0.39, 0.29) is 12.5 Å². The van der Waals surface area contributed by atoms with Crippen LogP contribution < -0.4 is 5.32 Å². The van der Waals surface area contributed by atoms with Crippen LogP contribution >= 0.6 is 0 Å². The lowest BCUT2D eigenvalue weighted by Crippen LogP contribution is -2.38. The maximum Gasteiger partial charge on any atom is 0.253 e. The minimum absolute atomic E-state index is 0.0664. The molecule has 0 aliphatic heterocycles. The summed E-state index contributed by atoms with van der Waals surface area (Å²) in [4.78, 5) is 16.9. The molecule has 3 rings (SSSR count). The molecule has 7 nitrogen and oxygen atoms in total. The molecule has 0 spiro atoms. The van der Waals surface area contributed by atoms with Crippen LogP contribution in [0, 0.1) is 6.92 Å². The van der Waals surface area contributed by atoms with Crippen LogP contribution in [0.25, 0.3) is 11.5 Å². The summed E-state index contributed by atoms with van der Waals surface area (Å²) in [5.41, 5.74) is 1.14. The number of rotatable bonds is 5. The van der Waals surface area contributed by atoms with E-state index in [1.807, 2.05) is 6.07 Å². The molecule has 1 unspecified atom stereocenters. The average molecular weight is 340 g/mol. The Morgan fingerprint density at radius 1 is 1.40 bits per heavy atom. The number of furan rings is 1. The Bertz CT molecular complexity index is 882. The minimum Gasteiger partial charge on any atom is -0.463 e. The maximum absolute atomic E-state index is 12.4. The fourth-order valence-electron chi connectivity index (χ4n) is 2.51. The molecule has 3 aromatic heterocycles. The molecule has 0 saturated carbocycles. The molecule has 3 heterocycles. The van der Waals surface area contributed by atoms with Crippen molar-refractivity contribution in [3.8, 4) is 11.5 Å². The molecular weight excluding hydrogens is 320 g/mol. The SMILES string of the molecule is Cc1nc(-c2ccco2)ccc1C(=O)NCC(C)(O)c1cnn(C)c1. The van der Waals surface area contributed by atoms with Gasteiger partial charge in [-0.25, -0.2) is 4.98 Å². The van der Waals surface area contributed by atoms with Gasteiger partial charge in [0.15, 0.2) is 5.76 Å². The smallest absolute Gasteiger partial charge is 0.253 e. The highest BCUT2D eigenvalue weighted by atomic mass is 16.3. The zero-order valence-electron chi connectivity index (χ0n) is 14.4. The zero-order valence-corrected chi connectivity index (χ0v) is 14.4. The van der Waals surface area contributed by atoms with Gasteiger partial charge < -0.3 is 14.8 Å². The highest BCUT2D eigenvalue weighted by Gasteiger charge is 2.26. The van der Waals surface area contributed by atoms with Gasteiger partial charge in [-0.05, 0) is 38.1 Å². The van der Waals surface area contributed by atoms with Crippen LogP contribution in [-0.2, 0) is 12.6 Å². The monoisotopic (exact) mass is 340 g/mol. The fourth-order valence-corrected chi connectivity index (χ4v) is 2.51. The first kappa shape index (κ1) is 16.9. The summed E-state index contributed by atoms with van der Waals surface area (Å²) in [5, 5.41) is 17.3. The number of nitrogens with zero attached hydrogens (tertiary/aromatic N) is 3. The molecule has 0 aliphatic carbocycles. The predicted octanol–water partition coefficient (Wildman–Crippen LogP) is 2.02. The Hall–Kier alpha value is -2.93. The summed E-state index contributed by atoms with van der Waals surface area (Å²) in [6.07, 6.45) is 4.88. The van der Waals surface area contributed by atoms with Crippen molar-refractivity contribution in [2.45, 2.75) is 19.4 Å². The molecule has 0 fully saturated rings. The third-order valence-electron chi connectivity index (χ3n) is 4.02. The van der Waals surface area contributed by atoms with Crippen molar-refractivity contribution in [1.29, 1.82) is 0 Å². The van der Waals surface area contributed by atoms with Crippen LogP contribution in [0.4, 0.5) is 0 Å². The van der Waals surface area contributed by atoms with Crippen molar-refractivity contribution in [2.75, 3.05) is 6.54 Å². The molecule has 3 aromatic rings. The van der Waals surface area contributed by atoms with Gasteiger partial charge in [-0.15, -0.1) is 0 Å². The fraction of sp³-hybridized carbons (Fsp3) is 0.278. The van der Waals surface area contributed by atoms with E-state index in [1.165, 1.54) is 0 Å². The second-order valence-corrected chi connectivity index (χ2v) is 6.17. The number of hydrogen-bond donors (Lipinski definition) is 2. The molecule has 0 radical (unpaired) electrons. The van der Waals surface area contributed by atoms with E-state index in [2.05, 4.69) is 15.4 Å². The van der Waals surface area contributed by atoms with Crippen LogP contribution in [0.2, 0.25) is 0 Å². The van der Waals surface area contributed by atoms with Crippen molar-refractivity contribution in [2.24, 2.45) is 7.05 Å². The van der Waals surface area contributed by atoms with E-state index >= 15 is 0 Å². The Balaban J connectivity index is 1.71. The molecular formula is C18H20N4O3. The molecule has 0 aromatic carbocycles. The molecule has 0 aliphatic rings. The van der Waals surface area contributed by atoms with Crippen LogP contribution in [0.1, 0.15) is 28.5 Å². The first-order valence-electron chi connectivity index (χ1n) is 7.88. The van der Waals surface area contributed by atoms with Crippen LogP contribution in [0.5, 0.6) is 0 Å². The number of pyridine rings is 1. The highest BCUT2D eigenvalue weighted by molar-refractivity contribution is 5.95. The summed E-state index contributed by atoms with van der Waals surface area (Å²) >= 11 is 0. The number of aliphatic hydroxyl groups is 1. The molecule has 1 atom stereocenters. The third-order valence-corrected chi connectivity index (χ3v) is 4.02. The molecule has 1 amide bonds. The number of carbonyl (C=O) groups excluding carboxylic acids is 1. The summed E-state index contributed by atoms with van der Waals surface area (Å²) < 4.78 is 6.92. The normalized spacial score (nSPS) is 13.4. The molecule has 130 valence electrons. The van der Waals surface area contributed by atoms with Gasteiger partial charge in [0.2, 0.25) is 0 Å². The van der Waals surface area contributed by atoms with E-state index in [0.717, 1.165) is 0 Å². The zero-order chi connectivity index (χ0) is 18.0. The van der Waals surface area contributed by atoms with Gasteiger partial charge in [0.25, 0.3) is 5.91 Å². The van der Waals surface area contributed by atoms with Crippen LogP contribution in [-0.4, -0.2) is 32.3 Å². The topological polar surface area (TPSA) is 93.2 Å². The summed E-state index contributed by atoms with van der Waals surface area (Å²) in [7, 11) is 1.77. The first-order valence-corrected chi connectivity index (χ1v) is 7.88. The minimum atomic E-state index is -1.21. The van der Waals surface area contributed by atoms with Crippen LogP contribution in [0.3, 0.4) is 0 Å². The van der Waals surface area contributed by atoms with E-state index in [1.54, 1.807) is 62.4 Å². The van der Waals surface area contributed by atoms with Gasteiger partial charge in [0.1, 0.15) is 11.3 Å². The van der Waals surface area contributed by atoms with Gasteiger partial charge in [0, 0.05) is 18.8 Å². The van der Waals surface area contributed by atoms with Crippen molar-refractivity contribution in [3.63, 3.8) is 0 Å². The Kier molecular flexibility index (Phi) is 4.41. The second-order valence-electron chi connectivity index (χ2n) is 6.17. The lowest BCUT2D eigenvalue weighted by molar-refractivity contribution is 0.0525. The van der Waals surface area contributed by atoms with E-state index < -0.39 is 5.60 Å². The number of carbonyl (C=O) groups is 1. The number of nitrogens with one attached hydrogen (secondary N) is 1. The number of hydrogen-bond acceptors (Lipinski definition) is 5. The van der Waals surface area contributed by atoms with Gasteiger partial charge >= 0.3 is 0 Å². The largest absolute Gasteiger partial charge is 0.463 e. The third kappa shape index (κ3) is 3.61. The quantitative estimate of drug-likeness (QED) is 0.741. The second kappa shape index (κ2) is 6.52. The van der Waals surface area contributed by atoms with Crippen molar-refractivity contribution in [3.05, 3.63) is 59.7 Å². The lowest BCUT2D eigenvalue weighted by atomic mass is 9.99. The van der Waals surface area contributed by atoms with Crippen molar-refractivity contribution < 1.29 is 14.3 Å². The van der Waals surface area contributed by atoms with Gasteiger partial charge in [-0.3, -0.25) is 9.48 Å². The Labute approximate surface area is 145 Å². The van der Waals surface area contributed by atoms with Crippen molar-refractivity contribution >= 4 is 5.91 Å². The lowest BCUT2D eigenvalue weighted by Gasteiger charge is -2.22. The summed E-state index contributed by atoms with van der Waals surface area (Å²) in [5.74, 6) is 0.356. The summed E-state index contributed by atoms with van der Waals surface area (Å²) in [6, 6.07) is 7.04. The molecule has 2 N–H and O–H groups in total. The number of amides is 1. The molecule has 25 heavy (non-hydrogen) atoms. The predicted molar refractivity (Wildman–Crippen MR) is 91.8 cm³/mol. The summed E-state index contributed by atoms with van der Waals surface area (Å²) in [6.45, 7) is 3.47. The standard InChI is InChI=1S/C18H20N4O3/c1-12-14(6-7-15(21-12)16-5-4-8-25-16)17(23)19-11-18(2,24)13-9-20-22(3)10-13/h4-10,24H,11H2,1-3H3,(H,19,23). The van der Waals surface area contributed by atoms with Crippen LogP contribution in [0.15, 0.2) is 47.3 Å². The molecule has 0 bridgehead atoms. The number of aromatic nitrogens is 3. The van der Waals surface area contributed by atoms with E-state index in [4.69, 9.17) is 4.42 Å². The van der Waals surface area contributed by atoms with E-state index in [9.17, 15) is 9.90 Å². The maximum atomic E-state index is 12.4.